The molecule has 0 saturated carbocycles. The fraction of sp³-hybridized carbons (Fsp3) is 0.929. The minimum atomic E-state index is -4.39. The molecule has 1 N–H and O–H groups in total. The number of phosphoric acid groups is 1. The number of quaternary nitrogens is 1. The Morgan fingerprint density at radius 3 is 0.840 bits per heavy atom. The summed E-state index contributed by atoms with van der Waals surface area (Å²) < 4.78 is 34.9. The van der Waals surface area contributed by atoms with E-state index in [1.54, 1.807) is 0 Å². The summed E-state index contributed by atoms with van der Waals surface area (Å²) in [6, 6.07) is 0. The Hall–Kier alpha value is -1.51. The maximum Gasteiger partial charge on any atom is 0.472 e. The number of phosphoric ester groups is 1. The molecule has 0 amide bonds. The first kappa shape index (κ1) is 92.5. The van der Waals surface area contributed by atoms with Gasteiger partial charge in [0.1, 0.15) is 19.8 Å². The summed E-state index contributed by atoms with van der Waals surface area (Å²) in [7, 11) is 1.51. The molecule has 0 aliphatic rings. The van der Waals surface area contributed by atoms with Crippen molar-refractivity contribution in [1.29, 1.82) is 0 Å². The number of carbonyl (C=O) groups excluding carboxylic acids is 2. The van der Waals surface area contributed by atoms with Crippen molar-refractivity contribution in [1.82, 2.24) is 0 Å². The highest BCUT2D eigenvalue weighted by molar-refractivity contribution is 7.47. The van der Waals surface area contributed by atoms with E-state index in [4.69, 9.17) is 18.5 Å². The predicted octanol–water partition coefficient (Wildman–Crippen LogP) is 28.0. The third-order valence-corrected chi connectivity index (χ3v) is 20.5. The van der Waals surface area contributed by atoms with Gasteiger partial charge in [0, 0.05) is 12.8 Å². The van der Waals surface area contributed by atoms with E-state index in [9.17, 15) is 19.0 Å². The van der Waals surface area contributed by atoms with Crippen LogP contribution in [0.1, 0.15) is 450 Å². The SMILES string of the molecule is CCCCCCC/C=C\C/C=C\CCCCCCCCCCCCCCCCCCCCCCCCCC(=O)OC(COC(=O)CCCCCCCCCCCCCCCCCCCCCCCCCCCCCCCCCCCCC)COP(=O)(O)OCC[N+](C)(C)C. The lowest BCUT2D eigenvalue weighted by Crippen LogP contribution is -2.37. The molecule has 558 valence electrons. The van der Waals surface area contributed by atoms with Crippen molar-refractivity contribution in [3.8, 4) is 0 Å². The summed E-state index contributed by atoms with van der Waals surface area (Å²) in [5.41, 5.74) is 0. The van der Waals surface area contributed by atoms with Crippen molar-refractivity contribution in [2.45, 2.75) is 457 Å². The van der Waals surface area contributed by atoms with E-state index in [1.807, 2.05) is 21.1 Å². The second kappa shape index (κ2) is 75.7. The Morgan fingerprint density at radius 2 is 0.574 bits per heavy atom. The van der Waals surface area contributed by atoms with Crippen molar-refractivity contribution in [2.75, 3.05) is 47.5 Å². The lowest BCUT2D eigenvalue weighted by Gasteiger charge is -2.24. The molecule has 2 unspecified atom stereocenters. The summed E-state index contributed by atoms with van der Waals surface area (Å²) in [6.45, 7) is 4.52. The number of likely N-dealkylation sites (N-methyl/N-ethyl adjacent to an activating group) is 1. The average molecular weight is 1350 g/mol. The molecule has 10 heteroatoms. The molecule has 0 bridgehead atoms. The van der Waals surface area contributed by atoms with Gasteiger partial charge in [0.15, 0.2) is 6.10 Å². The van der Waals surface area contributed by atoms with Gasteiger partial charge in [-0.15, -0.1) is 0 Å². The topological polar surface area (TPSA) is 108 Å². The van der Waals surface area contributed by atoms with E-state index >= 15 is 0 Å². The van der Waals surface area contributed by atoms with Crippen molar-refractivity contribution >= 4 is 19.8 Å². The Balaban J connectivity index is 3.87. The molecule has 9 nitrogen and oxygen atoms in total. The van der Waals surface area contributed by atoms with E-state index in [1.165, 1.54) is 379 Å². The van der Waals surface area contributed by atoms with Crippen LogP contribution in [0.4, 0.5) is 0 Å². The molecule has 0 rings (SSSR count). The van der Waals surface area contributed by atoms with Crippen LogP contribution in [0.15, 0.2) is 24.3 Å². The number of nitrogens with zero attached hydrogens (tertiary/aromatic N) is 1. The maximum absolute atomic E-state index is 12.9. The highest BCUT2D eigenvalue weighted by atomic mass is 31.2. The molecule has 0 aromatic rings. The molecule has 0 radical (unpaired) electrons. The summed E-state index contributed by atoms with van der Waals surface area (Å²) in [4.78, 5) is 36.0. The average Bonchev–Trinajstić information content (AvgIpc) is 1.68. The van der Waals surface area contributed by atoms with Gasteiger partial charge in [-0.3, -0.25) is 18.6 Å². The zero-order valence-electron chi connectivity index (χ0n) is 64.0. The van der Waals surface area contributed by atoms with Gasteiger partial charge in [0.05, 0.1) is 27.7 Å². The predicted molar refractivity (Wildman–Crippen MR) is 409 cm³/mol. The van der Waals surface area contributed by atoms with Gasteiger partial charge in [-0.2, -0.15) is 0 Å². The number of rotatable bonds is 80. The van der Waals surface area contributed by atoms with E-state index < -0.39 is 26.5 Å². The Morgan fingerprint density at radius 1 is 0.330 bits per heavy atom. The van der Waals surface area contributed by atoms with Gasteiger partial charge in [-0.05, 0) is 44.9 Å². The first-order valence-corrected chi connectivity index (χ1v) is 43.6. The van der Waals surface area contributed by atoms with Crippen molar-refractivity contribution in [3.63, 3.8) is 0 Å². The Bertz CT molecular complexity index is 1630. The zero-order chi connectivity index (χ0) is 68.3. The van der Waals surface area contributed by atoms with Crippen LogP contribution in [0.5, 0.6) is 0 Å². The molecule has 0 aliphatic heterocycles. The van der Waals surface area contributed by atoms with Crippen LogP contribution < -0.4 is 0 Å². The highest BCUT2D eigenvalue weighted by Crippen LogP contribution is 2.43. The quantitative estimate of drug-likeness (QED) is 0.0211. The standard InChI is InChI=1S/C84H164NO8P/c1-6-8-10-12-14-16-18-20-22-24-26-28-30-32-34-36-38-40-42-44-46-48-50-52-54-56-58-60-62-64-66-68-70-72-74-76-83(86)90-80-82(81-92-94(88,89)91-79-78-85(3,4)5)93-84(87)77-75-73-71-69-67-65-63-61-59-57-55-53-51-49-47-45-43-41-39-37-35-33-31-29-27-25-23-21-19-17-15-13-11-9-7-2/h19,21,25,27,82H,6-18,20,22-24,26,28-81H2,1-5H3/p+1/b21-19-,27-25-. The van der Waals surface area contributed by atoms with Crippen LogP contribution in [0, 0.1) is 0 Å². The van der Waals surface area contributed by atoms with Gasteiger partial charge in [-0.25, -0.2) is 4.57 Å². The monoisotopic (exact) mass is 1350 g/mol. The lowest BCUT2D eigenvalue weighted by molar-refractivity contribution is -0.870. The van der Waals surface area contributed by atoms with Crippen LogP contribution in [0.2, 0.25) is 0 Å². The van der Waals surface area contributed by atoms with Crippen LogP contribution >= 0.6 is 7.82 Å². The molecule has 0 fully saturated rings. The number of ether oxygens (including phenoxy) is 2. The fourth-order valence-corrected chi connectivity index (χ4v) is 13.8. The van der Waals surface area contributed by atoms with Crippen LogP contribution in [0.3, 0.4) is 0 Å². The summed E-state index contributed by atoms with van der Waals surface area (Å²) in [5, 5.41) is 0. The van der Waals surface area contributed by atoms with Crippen LogP contribution in [-0.4, -0.2) is 74.9 Å². The normalized spacial score (nSPS) is 13.0. The molecule has 2 atom stereocenters. The number of esters is 2. The van der Waals surface area contributed by atoms with E-state index in [2.05, 4.69) is 38.2 Å². The third kappa shape index (κ3) is 79.5. The minimum Gasteiger partial charge on any atom is -0.462 e. The fourth-order valence-electron chi connectivity index (χ4n) is 13.1. The van der Waals surface area contributed by atoms with Gasteiger partial charge in [0.25, 0.3) is 0 Å². The third-order valence-electron chi connectivity index (χ3n) is 19.5. The number of carbonyl (C=O) groups is 2. The molecule has 0 aromatic heterocycles. The van der Waals surface area contributed by atoms with E-state index in [0.717, 1.165) is 44.9 Å². The maximum atomic E-state index is 12.9. The van der Waals surface area contributed by atoms with Crippen LogP contribution in [0.25, 0.3) is 0 Å². The molecule has 0 saturated heterocycles. The van der Waals surface area contributed by atoms with Crippen molar-refractivity contribution < 1.29 is 42.1 Å². The Kier molecular flexibility index (Phi) is 74.5. The zero-order valence-corrected chi connectivity index (χ0v) is 64.9. The largest absolute Gasteiger partial charge is 0.472 e. The summed E-state index contributed by atoms with van der Waals surface area (Å²) in [6.07, 6.45) is 97.8. The van der Waals surface area contributed by atoms with Crippen LogP contribution in [-0.2, 0) is 32.7 Å². The highest BCUT2D eigenvalue weighted by Gasteiger charge is 2.27. The second-order valence-electron chi connectivity index (χ2n) is 30.2. The molecule has 0 aliphatic carbocycles. The second-order valence-corrected chi connectivity index (χ2v) is 31.7. The smallest absolute Gasteiger partial charge is 0.462 e. The molecule has 0 aromatic carbocycles. The van der Waals surface area contributed by atoms with Crippen molar-refractivity contribution in [2.24, 2.45) is 0 Å². The van der Waals surface area contributed by atoms with Gasteiger partial charge < -0.3 is 18.9 Å². The first-order chi connectivity index (χ1) is 46.0. The summed E-state index contributed by atoms with van der Waals surface area (Å²) >= 11 is 0. The Labute approximate surface area is 587 Å². The number of unbranched alkanes of at least 4 members (excludes halogenated alkanes) is 62. The molecule has 0 heterocycles. The minimum absolute atomic E-state index is 0.0364. The van der Waals surface area contributed by atoms with Gasteiger partial charge >= 0.3 is 19.8 Å². The van der Waals surface area contributed by atoms with Gasteiger partial charge in [-0.1, -0.05) is 417 Å². The molecular weight excluding hydrogens is 1180 g/mol. The van der Waals surface area contributed by atoms with Crippen molar-refractivity contribution in [3.05, 3.63) is 24.3 Å². The molecular formula is C84H165NO8P+. The summed E-state index contributed by atoms with van der Waals surface area (Å²) in [5.74, 6) is -0.767. The number of hydrogen-bond donors (Lipinski definition) is 1. The number of allylic oxidation sites excluding steroid dienone is 4. The number of hydrogen-bond acceptors (Lipinski definition) is 7. The first-order valence-electron chi connectivity index (χ1n) is 42.1. The lowest BCUT2D eigenvalue weighted by atomic mass is 10.0. The molecule has 0 spiro atoms. The van der Waals surface area contributed by atoms with E-state index in [-0.39, 0.29) is 25.6 Å². The molecule has 94 heavy (non-hydrogen) atoms. The van der Waals surface area contributed by atoms with E-state index in [0.29, 0.717) is 17.4 Å². The van der Waals surface area contributed by atoms with Gasteiger partial charge in [0.2, 0.25) is 0 Å².